The molecule has 18 heavy (non-hydrogen) atoms. The molecule has 2 heteroatoms. The van der Waals surface area contributed by atoms with Crippen molar-refractivity contribution in [3.8, 4) is 0 Å². The first kappa shape index (κ1) is 13.6. The minimum absolute atomic E-state index is 0.702. The lowest BCUT2D eigenvalue weighted by molar-refractivity contribution is 0.206. The lowest BCUT2D eigenvalue weighted by atomic mass is 10.0. The topological polar surface area (TPSA) is 15.3 Å². The lowest BCUT2D eigenvalue weighted by Crippen LogP contribution is -2.42. The Morgan fingerprint density at radius 2 is 1.72 bits per heavy atom. The zero-order valence-electron chi connectivity index (χ0n) is 12.0. The molecule has 1 heterocycles. The molecule has 0 unspecified atom stereocenters. The Bertz CT molecular complexity index is 358. The van der Waals surface area contributed by atoms with E-state index in [0.717, 1.165) is 6.54 Å². The molecule has 0 bridgehead atoms. The van der Waals surface area contributed by atoms with E-state index in [9.17, 15) is 0 Å². The summed E-state index contributed by atoms with van der Waals surface area (Å²) in [6.45, 7) is 11.3. The van der Waals surface area contributed by atoms with Gasteiger partial charge >= 0.3 is 0 Å². The third kappa shape index (κ3) is 3.82. The van der Waals surface area contributed by atoms with Gasteiger partial charge in [0.2, 0.25) is 0 Å². The van der Waals surface area contributed by atoms with Crippen molar-refractivity contribution in [2.45, 2.75) is 46.2 Å². The van der Waals surface area contributed by atoms with Gasteiger partial charge in [0.15, 0.2) is 0 Å². The molecule has 0 spiro atoms. The molecule has 1 aromatic rings. The SMILES string of the molecule is CCN1CCC(NCc2cc(C)cc(C)c2)CC1. The minimum Gasteiger partial charge on any atom is -0.310 e. The van der Waals surface area contributed by atoms with Crippen LogP contribution in [0, 0.1) is 13.8 Å². The van der Waals surface area contributed by atoms with Gasteiger partial charge in [-0.05, 0) is 51.9 Å². The summed E-state index contributed by atoms with van der Waals surface area (Å²) >= 11 is 0. The first-order valence-electron chi connectivity index (χ1n) is 7.20. The fraction of sp³-hybridized carbons (Fsp3) is 0.625. The van der Waals surface area contributed by atoms with Gasteiger partial charge in [0.25, 0.3) is 0 Å². The van der Waals surface area contributed by atoms with Gasteiger partial charge in [-0.15, -0.1) is 0 Å². The zero-order valence-corrected chi connectivity index (χ0v) is 12.0. The standard InChI is InChI=1S/C16H26N2/c1-4-18-7-5-16(6-8-18)17-12-15-10-13(2)9-14(3)11-15/h9-11,16-17H,4-8,12H2,1-3H3. The van der Waals surface area contributed by atoms with Crippen LogP contribution in [-0.4, -0.2) is 30.6 Å². The molecule has 1 saturated heterocycles. The Hall–Kier alpha value is -0.860. The van der Waals surface area contributed by atoms with Gasteiger partial charge in [0, 0.05) is 12.6 Å². The molecular weight excluding hydrogens is 220 g/mol. The molecule has 0 saturated carbocycles. The molecule has 1 N–H and O–H groups in total. The number of benzene rings is 1. The van der Waals surface area contributed by atoms with Gasteiger partial charge in [-0.1, -0.05) is 36.2 Å². The number of nitrogens with zero attached hydrogens (tertiary/aromatic N) is 1. The summed E-state index contributed by atoms with van der Waals surface area (Å²) in [4.78, 5) is 2.54. The van der Waals surface area contributed by atoms with E-state index in [1.807, 2.05) is 0 Å². The molecule has 0 radical (unpaired) electrons. The lowest BCUT2D eigenvalue weighted by Gasteiger charge is -2.31. The van der Waals surface area contributed by atoms with Crippen molar-refractivity contribution in [3.05, 3.63) is 34.9 Å². The molecule has 1 aliphatic rings. The van der Waals surface area contributed by atoms with Crippen LogP contribution in [0.15, 0.2) is 18.2 Å². The summed E-state index contributed by atoms with van der Waals surface area (Å²) in [6, 6.07) is 7.53. The molecule has 2 rings (SSSR count). The van der Waals surface area contributed by atoms with Crippen molar-refractivity contribution in [1.82, 2.24) is 10.2 Å². The van der Waals surface area contributed by atoms with Crippen LogP contribution >= 0.6 is 0 Å². The van der Waals surface area contributed by atoms with E-state index in [1.54, 1.807) is 0 Å². The molecule has 100 valence electrons. The number of hydrogen-bond donors (Lipinski definition) is 1. The van der Waals surface area contributed by atoms with E-state index < -0.39 is 0 Å². The van der Waals surface area contributed by atoms with Gasteiger partial charge in [-0.3, -0.25) is 0 Å². The second-order valence-corrected chi connectivity index (χ2v) is 5.59. The largest absolute Gasteiger partial charge is 0.310 e. The predicted molar refractivity (Wildman–Crippen MR) is 77.9 cm³/mol. The zero-order chi connectivity index (χ0) is 13.0. The van der Waals surface area contributed by atoms with Crippen LogP contribution in [0.5, 0.6) is 0 Å². The maximum atomic E-state index is 3.71. The Balaban J connectivity index is 1.81. The summed E-state index contributed by atoms with van der Waals surface area (Å²) in [6.07, 6.45) is 2.58. The molecule has 0 atom stereocenters. The number of hydrogen-bond acceptors (Lipinski definition) is 2. The van der Waals surface area contributed by atoms with Crippen LogP contribution in [0.4, 0.5) is 0 Å². The maximum absolute atomic E-state index is 3.71. The highest BCUT2D eigenvalue weighted by atomic mass is 15.1. The molecule has 2 nitrogen and oxygen atoms in total. The number of nitrogens with one attached hydrogen (secondary N) is 1. The van der Waals surface area contributed by atoms with Crippen molar-refractivity contribution < 1.29 is 0 Å². The summed E-state index contributed by atoms with van der Waals surface area (Å²) in [5, 5.41) is 3.71. The Kier molecular flexibility index (Phi) is 4.79. The van der Waals surface area contributed by atoms with Gasteiger partial charge in [-0.25, -0.2) is 0 Å². The quantitative estimate of drug-likeness (QED) is 0.879. The normalized spacial score (nSPS) is 18.2. The van der Waals surface area contributed by atoms with Crippen LogP contribution in [-0.2, 0) is 6.54 Å². The van der Waals surface area contributed by atoms with Gasteiger partial charge in [-0.2, -0.15) is 0 Å². The highest BCUT2D eigenvalue weighted by Crippen LogP contribution is 2.12. The van der Waals surface area contributed by atoms with Crippen LogP contribution in [0.3, 0.4) is 0 Å². The maximum Gasteiger partial charge on any atom is 0.0208 e. The van der Waals surface area contributed by atoms with E-state index in [4.69, 9.17) is 0 Å². The third-order valence-corrected chi connectivity index (χ3v) is 3.91. The van der Waals surface area contributed by atoms with Crippen molar-refractivity contribution in [2.75, 3.05) is 19.6 Å². The highest BCUT2D eigenvalue weighted by Gasteiger charge is 2.17. The molecule has 0 amide bonds. The second-order valence-electron chi connectivity index (χ2n) is 5.59. The monoisotopic (exact) mass is 246 g/mol. The average molecular weight is 246 g/mol. The van der Waals surface area contributed by atoms with E-state index in [1.165, 1.54) is 49.2 Å². The van der Waals surface area contributed by atoms with Crippen LogP contribution in [0.1, 0.15) is 36.5 Å². The fourth-order valence-electron chi connectivity index (χ4n) is 2.89. The molecule has 1 aliphatic heterocycles. The first-order valence-corrected chi connectivity index (χ1v) is 7.20. The molecule has 0 aliphatic carbocycles. The predicted octanol–water partition coefficient (Wildman–Crippen LogP) is 2.88. The smallest absolute Gasteiger partial charge is 0.0208 e. The molecular formula is C16H26N2. The van der Waals surface area contributed by atoms with Crippen molar-refractivity contribution in [1.29, 1.82) is 0 Å². The van der Waals surface area contributed by atoms with Crippen LogP contribution < -0.4 is 5.32 Å². The van der Waals surface area contributed by atoms with E-state index in [0.29, 0.717) is 6.04 Å². The molecule has 1 aromatic carbocycles. The summed E-state index contributed by atoms with van der Waals surface area (Å²) < 4.78 is 0. The summed E-state index contributed by atoms with van der Waals surface area (Å²) in [5.74, 6) is 0. The van der Waals surface area contributed by atoms with Gasteiger partial charge < -0.3 is 10.2 Å². The van der Waals surface area contributed by atoms with Crippen molar-refractivity contribution in [2.24, 2.45) is 0 Å². The van der Waals surface area contributed by atoms with Gasteiger partial charge in [0.1, 0.15) is 0 Å². The van der Waals surface area contributed by atoms with E-state index >= 15 is 0 Å². The van der Waals surface area contributed by atoms with E-state index in [-0.39, 0.29) is 0 Å². The first-order chi connectivity index (χ1) is 8.67. The van der Waals surface area contributed by atoms with Gasteiger partial charge in [0.05, 0.1) is 0 Å². The number of piperidine rings is 1. The molecule has 0 aromatic heterocycles. The Labute approximate surface area is 111 Å². The average Bonchev–Trinajstić information content (AvgIpc) is 2.36. The minimum atomic E-state index is 0.702. The summed E-state index contributed by atoms with van der Waals surface area (Å²) in [5.41, 5.74) is 4.16. The Morgan fingerprint density at radius 3 is 2.28 bits per heavy atom. The van der Waals surface area contributed by atoms with Crippen LogP contribution in [0.2, 0.25) is 0 Å². The number of rotatable bonds is 4. The molecule has 1 fully saturated rings. The second kappa shape index (κ2) is 6.35. The third-order valence-electron chi connectivity index (χ3n) is 3.91. The van der Waals surface area contributed by atoms with E-state index in [2.05, 4.69) is 49.2 Å². The van der Waals surface area contributed by atoms with Crippen molar-refractivity contribution >= 4 is 0 Å². The van der Waals surface area contributed by atoms with Crippen LogP contribution in [0.25, 0.3) is 0 Å². The summed E-state index contributed by atoms with van der Waals surface area (Å²) in [7, 11) is 0. The fourth-order valence-corrected chi connectivity index (χ4v) is 2.89. The number of aryl methyl sites for hydroxylation is 2. The highest BCUT2D eigenvalue weighted by molar-refractivity contribution is 5.28. The van der Waals surface area contributed by atoms with Crippen molar-refractivity contribution in [3.63, 3.8) is 0 Å². The Morgan fingerprint density at radius 1 is 1.11 bits per heavy atom. The number of likely N-dealkylation sites (tertiary alicyclic amines) is 1.